The number of imide groups is 1. The molecule has 0 bridgehead atoms. The number of amides is 5. The van der Waals surface area contributed by atoms with Crippen LogP contribution in [-0.2, 0) is 16.9 Å². The zero-order chi connectivity index (χ0) is 27.3. The number of pyridine rings is 1. The second-order valence-corrected chi connectivity index (χ2v) is 10.2. The average molecular weight is 526 g/mol. The van der Waals surface area contributed by atoms with Gasteiger partial charge in [0.1, 0.15) is 5.75 Å². The highest BCUT2D eigenvalue weighted by Gasteiger charge is 2.50. The molecule has 5 amide bonds. The van der Waals surface area contributed by atoms with E-state index in [1.54, 1.807) is 53.4 Å². The molecule has 39 heavy (non-hydrogen) atoms. The Kier molecular flexibility index (Phi) is 5.82. The number of urea groups is 1. The van der Waals surface area contributed by atoms with Gasteiger partial charge in [-0.25, -0.2) is 4.79 Å². The maximum Gasteiger partial charge on any atom is 0.322 e. The maximum absolute atomic E-state index is 13.2. The zero-order valence-electron chi connectivity index (χ0n) is 21.5. The molecule has 1 aliphatic carbocycles. The molecule has 2 aliphatic heterocycles. The molecule has 10 heteroatoms. The number of benzene rings is 2. The summed E-state index contributed by atoms with van der Waals surface area (Å²) in [4.78, 5) is 57.5. The van der Waals surface area contributed by atoms with E-state index in [9.17, 15) is 19.2 Å². The third kappa shape index (κ3) is 4.47. The van der Waals surface area contributed by atoms with Crippen molar-refractivity contribution in [3.05, 3.63) is 82.5 Å². The average Bonchev–Trinajstić information content (AvgIpc) is 3.63. The topological polar surface area (TPSA) is 130 Å². The van der Waals surface area contributed by atoms with Crippen LogP contribution in [0, 0.1) is 6.92 Å². The molecule has 3 aromatic rings. The van der Waals surface area contributed by atoms with E-state index in [1.165, 1.54) is 7.11 Å². The van der Waals surface area contributed by atoms with Crippen molar-refractivity contribution in [2.45, 2.75) is 37.9 Å². The van der Waals surface area contributed by atoms with Crippen LogP contribution in [0.3, 0.4) is 0 Å². The van der Waals surface area contributed by atoms with E-state index in [1.807, 2.05) is 13.0 Å². The molecule has 10 nitrogen and oxygen atoms in total. The molecule has 0 spiro atoms. The minimum Gasteiger partial charge on any atom is -0.497 e. The molecule has 3 N–H and O–H groups in total. The number of aromatic nitrogens is 1. The molecule has 0 radical (unpaired) electrons. The first-order chi connectivity index (χ1) is 18.8. The number of ether oxygens (including phenoxy) is 1. The Balaban J connectivity index is 1.29. The predicted octanol–water partition coefficient (Wildman–Crippen LogP) is 2.65. The lowest BCUT2D eigenvalue weighted by molar-refractivity contribution is -0.124. The maximum atomic E-state index is 13.2. The lowest BCUT2D eigenvalue weighted by Gasteiger charge is -2.31. The van der Waals surface area contributed by atoms with Crippen molar-refractivity contribution < 1.29 is 23.9 Å². The van der Waals surface area contributed by atoms with E-state index in [0.717, 1.165) is 24.0 Å². The van der Waals surface area contributed by atoms with Crippen LogP contribution in [0.1, 0.15) is 50.4 Å². The number of methoxy groups -OCH3 is 1. The first-order valence-electron chi connectivity index (χ1n) is 12.8. The zero-order valence-corrected chi connectivity index (χ0v) is 21.5. The summed E-state index contributed by atoms with van der Waals surface area (Å²) in [6, 6.07) is 15.5. The molecular weight excluding hydrogens is 498 g/mol. The molecule has 1 unspecified atom stereocenters. The van der Waals surface area contributed by atoms with Crippen molar-refractivity contribution in [3.8, 4) is 17.0 Å². The Bertz CT molecular complexity index is 1530. The Morgan fingerprint density at radius 2 is 1.87 bits per heavy atom. The molecule has 6 rings (SSSR count). The van der Waals surface area contributed by atoms with Gasteiger partial charge in [-0.05, 0) is 55.2 Å². The first-order valence-corrected chi connectivity index (χ1v) is 12.8. The molecule has 3 heterocycles. The second kappa shape index (κ2) is 9.23. The SMILES string of the molecule is COc1ccc2c(c1)C(=O)N(CC1(c3ccc(-c4cc(C(=O)NC5CC5)cc(C)n4)cc3)NC(=O)NC1=O)C2. The molecule has 198 valence electrons. The van der Waals surface area contributed by atoms with Crippen molar-refractivity contribution in [2.75, 3.05) is 13.7 Å². The number of hydrogen-bond acceptors (Lipinski definition) is 6. The molecular formula is C29H27N5O5. The van der Waals surface area contributed by atoms with Gasteiger partial charge < -0.3 is 20.3 Å². The number of fused-ring (bicyclic) bond motifs is 1. The highest BCUT2D eigenvalue weighted by molar-refractivity contribution is 6.08. The predicted molar refractivity (Wildman–Crippen MR) is 141 cm³/mol. The van der Waals surface area contributed by atoms with Crippen molar-refractivity contribution in [2.24, 2.45) is 0 Å². The molecule has 2 aromatic carbocycles. The Labute approximate surface area is 224 Å². The van der Waals surface area contributed by atoms with Gasteiger partial charge in [-0.3, -0.25) is 24.7 Å². The number of nitrogens with one attached hydrogen (secondary N) is 3. The summed E-state index contributed by atoms with van der Waals surface area (Å²) in [5.74, 6) is -0.331. The van der Waals surface area contributed by atoms with Crippen LogP contribution in [0.5, 0.6) is 5.75 Å². The van der Waals surface area contributed by atoms with Crippen molar-refractivity contribution in [3.63, 3.8) is 0 Å². The highest BCUT2D eigenvalue weighted by Crippen LogP contribution is 2.33. The molecule has 1 aromatic heterocycles. The lowest BCUT2D eigenvalue weighted by atomic mass is 9.88. The van der Waals surface area contributed by atoms with Crippen LogP contribution < -0.4 is 20.7 Å². The summed E-state index contributed by atoms with van der Waals surface area (Å²) in [5, 5.41) is 8.08. The van der Waals surface area contributed by atoms with Gasteiger partial charge in [-0.15, -0.1) is 0 Å². The van der Waals surface area contributed by atoms with E-state index in [-0.39, 0.29) is 24.4 Å². The molecule has 2 fully saturated rings. The Morgan fingerprint density at radius 1 is 1.10 bits per heavy atom. The Morgan fingerprint density at radius 3 is 2.54 bits per heavy atom. The molecule has 3 aliphatic rings. The van der Waals surface area contributed by atoms with Gasteiger partial charge in [0.05, 0.1) is 19.3 Å². The highest BCUT2D eigenvalue weighted by atomic mass is 16.5. The number of rotatable bonds is 7. The van der Waals surface area contributed by atoms with Gasteiger partial charge in [0, 0.05) is 35.0 Å². The van der Waals surface area contributed by atoms with Crippen LogP contribution in [-0.4, -0.2) is 53.3 Å². The summed E-state index contributed by atoms with van der Waals surface area (Å²) in [6.45, 7) is 2.09. The summed E-state index contributed by atoms with van der Waals surface area (Å²) in [5.41, 5.74) is 3.01. The van der Waals surface area contributed by atoms with Gasteiger partial charge in [0.15, 0.2) is 5.54 Å². The summed E-state index contributed by atoms with van der Waals surface area (Å²) < 4.78 is 5.25. The van der Waals surface area contributed by atoms with Gasteiger partial charge in [-0.1, -0.05) is 30.3 Å². The Hall–Kier alpha value is -4.73. The number of hydrogen-bond donors (Lipinski definition) is 3. The number of carbonyl (C=O) groups is 4. The van der Waals surface area contributed by atoms with Crippen molar-refractivity contribution in [1.29, 1.82) is 0 Å². The monoisotopic (exact) mass is 525 g/mol. The van der Waals surface area contributed by atoms with Crippen molar-refractivity contribution in [1.82, 2.24) is 25.8 Å². The summed E-state index contributed by atoms with van der Waals surface area (Å²) in [6.07, 6.45) is 2.00. The van der Waals surface area contributed by atoms with Crippen molar-refractivity contribution >= 4 is 23.8 Å². The van der Waals surface area contributed by atoms with E-state index < -0.39 is 17.5 Å². The van der Waals surface area contributed by atoms with E-state index >= 15 is 0 Å². The third-order valence-electron chi connectivity index (χ3n) is 7.37. The van der Waals surface area contributed by atoms with Gasteiger partial charge in [-0.2, -0.15) is 0 Å². The normalized spacial score (nSPS) is 19.9. The fraction of sp³-hybridized carbons (Fsp3) is 0.276. The largest absolute Gasteiger partial charge is 0.497 e. The van der Waals surface area contributed by atoms with Crippen LogP contribution in [0.25, 0.3) is 11.3 Å². The summed E-state index contributed by atoms with van der Waals surface area (Å²) >= 11 is 0. The molecule has 1 saturated carbocycles. The smallest absolute Gasteiger partial charge is 0.322 e. The number of nitrogens with zero attached hydrogens (tertiary/aromatic N) is 2. The van der Waals surface area contributed by atoms with Crippen LogP contribution >= 0.6 is 0 Å². The molecule has 1 saturated heterocycles. The summed E-state index contributed by atoms with van der Waals surface area (Å²) in [7, 11) is 1.53. The van der Waals surface area contributed by atoms with E-state index in [2.05, 4.69) is 20.9 Å². The fourth-order valence-corrected chi connectivity index (χ4v) is 5.15. The number of aryl methyl sites for hydroxylation is 1. The molecule has 1 atom stereocenters. The quantitative estimate of drug-likeness (QED) is 0.407. The van der Waals surface area contributed by atoms with Gasteiger partial charge in [0.25, 0.3) is 17.7 Å². The first kappa shape index (κ1) is 24.6. The van der Waals surface area contributed by atoms with Gasteiger partial charge >= 0.3 is 6.03 Å². The van der Waals surface area contributed by atoms with Crippen LogP contribution in [0.4, 0.5) is 4.79 Å². The van der Waals surface area contributed by atoms with E-state index in [4.69, 9.17) is 4.74 Å². The van der Waals surface area contributed by atoms with Crippen LogP contribution in [0.15, 0.2) is 54.6 Å². The van der Waals surface area contributed by atoms with Crippen LogP contribution in [0.2, 0.25) is 0 Å². The standard InChI is InChI=1S/C29H27N5O5/c1-16-11-19(25(35)31-21-8-9-21)12-24(30-16)17-3-6-20(7-4-17)29(27(37)32-28(38)33-29)15-34-14-18-5-10-22(39-2)13-23(18)26(34)36/h3-7,10-13,21H,8-9,14-15H2,1-2H3,(H,31,35)(H2,32,33,37,38). The van der Waals surface area contributed by atoms with Gasteiger partial charge in [0.2, 0.25) is 0 Å². The lowest BCUT2D eigenvalue weighted by Crippen LogP contribution is -2.52. The van der Waals surface area contributed by atoms with E-state index in [0.29, 0.717) is 40.4 Å². The number of carbonyl (C=O) groups excluding carboxylic acids is 4. The second-order valence-electron chi connectivity index (χ2n) is 10.2. The minimum absolute atomic E-state index is 0.0477. The fourth-order valence-electron chi connectivity index (χ4n) is 5.15. The third-order valence-corrected chi connectivity index (χ3v) is 7.37. The minimum atomic E-state index is -1.47.